The molecule has 2 aromatic carbocycles. The molecule has 3 aromatic rings. The van der Waals surface area contributed by atoms with Gasteiger partial charge in [-0.3, -0.25) is 9.98 Å². The van der Waals surface area contributed by atoms with Gasteiger partial charge in [0.15, 0.2) is 0 Å². The molecule has 0 bridgehead atoms. The van der Waals surface area contributed by atoms with Gasteiger partial charge in [0.25, 0.3) is 10.1 Å². The fraction of sp³-hybridized carbons (Fsp3) is 0.419. The molecule has 12 nitrogen and oxygen atoms in total. The molecule has 0 fully saturated rings. The van der Waals surface area contributed by atoms with Crippen LogP contribution in [-0.4, -0.2) is 71.9 Å². The van der Waals surface area contributed by atoms with Crippen molar-refractivity contribution in [2.24, 2.45) is 5.10 Å². The van der Waals surface area contributed by atoms with Gasteiger partial charge < -0.3 is 24.9 Å². The smallest absolute Gasteiger partial charge is 0.333 e. The minimum absolute atomic E-state index is 0.119. The highest BCUT2D eigenvalue weighted by Gasteiger charge is 2.17. The monoisotopic (exact) mass is 659 g/mol. The number of hydrogen-bond donors (Lipinski definition) is 4. The summed E-state index contributed by atoms with van der Waals surface area (Å²) in [5.74, 6) is -1.58. The minimum Gasteiger partial charge on any atom is -0.492 e. The third-order valence-corrected chi connectivity index (χ3v) is 9.04. The van der Waals surface area contributed by atoms with E-state index in [4.69, 9.17) is 9.39 Å². The van der Waals surface area contributed by atoms with Crippen molar-refractivity contribution in [3.05, 3.63) is 60.2 Å². The van der Waals surface area contributed by atoms with Crippen LogP contribution >= 0.6 is 11.8 Å². The molecule has 4 rings (SSSR count). The van der Waals surface area contributed by atoms with Gasteiger partial charge in [-0.1, -0.05) is 30.3 Å². The zero-order chi connectivity index (χ0) is 32.2. The van der Waals surface area contributed by atoms with E-state index in [1.807, 2.05) is 24.3 Å². The van der Waals surface area contributed by atoms with Crippen LogP contribution in [0.25, 0.3) is 0 Å². The van der Waals surface area contributed by atoms with E-state index in [1.54, 1.807) is 17.3 Å². The van der Waals surface area contributed by atoms with Crippen molar-refractivity contribution in [2.75, 3.05) is 47.7 Å². The van der Waals surface area contributed by atoms with Crippen molar-refractivity contribution in [3.63, 3.8) is 0 Å². The molecule has 0 saturated heterocycles. The van der Waals surface area contributed by atoms with Crippen LogP contribution in [0.1, 0.15) is 50.5 Å². The zero-order valence-corrected chi connectivity index (χ0v) is 27.0. The second-order valence-electron chi connectivity index (χ2n) is 10.9. The van der Waals surface area contributed by atoms with E-state index in [1.165, 1.54) is 28.3 Å². The van der Waals surface area contributed by atoms with E-state index in [0.29, 0.717) is 37.1 Å². The maximum Gasteiger partial charge on any atom is 0.333 e. The van der Waals surface area contributed by atoms with Crippen LogP contribution in [0.3, 0.4) is 0 Å². The Hall–Kier alpha value is -3.88. The number of unbranched alkanes of at least 4 members (excludes halogenated alkanes) is 3. The summed E-state index contributed by atoms with van der Waals surface area (Å²) in [4.78, 5) is 22.7. The van der Waals surface area contributed by atoms with E-state index in [-0.39, 0.29) is 23.9 Å². The Bertz CT molecular complexity index is 1520. The maximum absolute atomic E-state index is 12.1. The van der Waals surface area contributed by atoms with Gasteiger partial charge in [-0.2, -0.15) is 13.5 Å². The van der Waals surface area contributed by atoms with Crippen LogP contribution in [0.4, 0.5) is 17.1 Å². The van der Waals surface area contributed by atoms with Gasteiger partial charge in [-0.25, -0.2) is 4.79 Å². The molecule has 0 aliphatic carbocycles. The molecule has 0 radical (unpaired) electrons. The number of thioether (sulfide) groups is 1. The first-order valence-electron chi connectivity index (χ1n) is 15.0. The van der Waals surface area contributed by atoms with Crippen LogP contribution in [0.2, 0.25) is 0 Å². The fourth-order valence-corrected chi connectivity index (χ4v) is 6.54. The second kappa shape index (κ2) is 16.4. The Balaban J connectivity index is 1.27. The number of carbonyl (C=O) groups is 1. The molecule has 0 atom stereocenters. The van der Waals surface area contributed by atoms with E-state index in [2.05, 4.69) is 45.6 Å². The number of aryl methyl sites for hydroxylation is 1. The predicted octanol–water partition coefficient (Wildman–Crippen LogP) is 5.12. The van der Waals surface area contributed by atoms with Gasteiger partial charge in [-0.05, 0) is 74.4 Å². The van der Waals surface area contributed by atoms with Gasteiger partial charge >= 0.3 is 5.97 Å². The van der Waals surface area contributed by atoms with Gasteiger partial charge in [0.2, 0.25) is 11.8 Å². The number of para-hydroxylation sites is 1. The number of hydrazone groups is 1. The average Bonchev–Trinajstić information content (AvgIpc) is 3.32. The first-order chi connectivity index (χ1) is 21.6. The van der Waals surface area contributed by atoms with E-state index < -0.39 is 16.1 Å². The maximum atomic E-state index is 12.1. The van der Waals surface area contributed by atoms with Gasteiger partial charge in [0.05, 0.1) is 22.7 Å². The average molecular weight is 660 g/mol. The third-order valence-electron chi connectivity index (χ3n) is 7.44. The Labute approximate surface area is 268 Å². The molecular weight excluding hydrogens is 619 g/mol. The molecule has 4 N–H and O–H groups in total. The van der Waals surface area contributed by atoms with E-state index in [9.17, 15) is 23.4 Å². The molecule has 0 spiro atoms. The van der Waals surface area contributed by atoms with Gasteiger partial charge in [-0.15, -0.1) is 4.73 Å². The Morgan fingerprint density at radius 3 is 2.44 bits per heavy atom. The quantitative estimate of drug-likeness (QED) is 0.0381. The van der Waals surface area contributed by atoms with E-state index >= 15 is 0 Å². The van der Waals surface area contributed by atoms with Crippen LogP contribution in [-0.2, 0) is 21.3 Å². The van der Waals surface area contributed by atoms with Gasteiger partial charge in [0.1, 0.15) is 0 Å². The van der Waals surface area contributed by atoms with E-state index in [0.717, 1.165) is 43.6 Å². The number of benzene rings is 2. The summed E-state index contributed by atoms with van der Waals surface area (Å²) in [6.07, 6.45) is 5.35. The van der Waals surface area contributed by atoms with Gasteiger partial charge in [0, 0.05) is 55.8 Å². The highest BCUT2D eigenvalue weighted by Crippen LogP contribution is 2.35. The first-order valence-corrected chi connectivity index (χ1v) is 17.5. The Morgan fingerprint density at radius 2 is 1.73 bits per heavy atom. The Morgan fingerprint density at radius 1 is 1.02 bits per heavy atom. The highest BCUT2D eigenvalue weighted by molar-refractivity contribution is 8.12. The summed E-state index contributed by atoms with van der Waals surface area (Å²) in [6, 6.07) is 16.7. The number of hydrogen-bond acceptors (Lipinski definition) is 11. The van der Waals surface area contributed by atoms with Crippen LogP contribution in [0.15, 0.2) is 64.6 Å². The molecular formula is C31H41N5O7S2. The lowest BCUT2D eigenvalue weighted by Gasteiger charge is -2.29. The number of aromatic hydroxyl groups is 2. The normalized spacial score (nSPS) is 13.2. The van der Waals surface area contributed by atoms with Crippen molar-refractivity contribution < 1.29 is 32.8 Å². The summed E-state index contributed by atoms with van der Waals surface area (Å²) < 4.78 is 32.0. The highest BCUT2D eigenvalue weighted by atomic mass is 32.2. The number of aromatic nitrogens is 1. The largest absolute Gasteiger partial charge is 0.492 e. The van der Waals surface area contributed by atoms with Crippen molar-refractivity contribution in [1.29, 1.82) is 0 Å². The molecule has 244 valence electrons. The fourth-order valence-electron chi connectivity index (χ4n) is 5.20. The SMILES string of the molecule is CN1CCCc2cccc(SC=NNc3ccc(N(CCCCCC(=O)On4c(O)ccc4O)CCCCS(=O)(=O)O)cc3)c21. The summed E-state index contributed by atoms with van der Waals surface area (Å²) in [5, 5.41) is 23.6. The molecule has 0 saturated carbocycles. The standard InChI is InChI=1S/C31H41N5O7S2/c1-34-19-8-10-24-9-7-11-27(31(24)34)44-23-32-33-25-13-15-26(16-14-25)35(21-5-6-22-45(40,41)42)20-4-2-3-12-30(39)43-36-28(37)17-18-29(36)38/h7,9,11,13-18,23,33,37-38H,2-6,8,10,12,19-22H2,1H3,(H,40,41,42). The number of carbonyl (C=O) groups excluding carboxylic acids is 1. The lowest BCUT2D eigenvalue weighted by atomic mass is 10.0. The molecule has 1 aromatic heterocycles. The Kier molecular flexibility index (Phi) is 12.4. The topological polar surface area (TPSA) is 157 Å². The first kappa shape index (κ1) is 34.0. The van der Waals surface area contributed by atoms with Crippen molar-refractivity contribution in [2.45, 2.75) is 56.3 Å². The molecule has 1 aliphatic rings. The molecule has 0 amide bonds. The lowest BCUT2D eigenvalue weighted by Crippen LogP contribution is -2.26. The molecule has 14 heteroatoms. The zero-order valence-electron chi connectivity index (χ0n) is 25.3. The van der Waals surface area contributed by atoms with Crippen LogP contribution in [0.5, 0.6) is 11.8 Å². The van der Waals surface area contributed by atoms with Crippen LogP contribution < -0.4 is 20.1 Å². The second-order valence-corrected chi connectivity index (χ2v) is 13.4. The number of fused-ring (bicyclic) bond motifs is 1. The number of nitrogens with one attached hydrogen (secondary N) is 1. The molecule has 45 heavy (non-hydrogen) atoms. The van der Waals surface area contributed by atoms with Crippen molar-refractivity contribution in [3.8, 4) is 11.8 Å². The number of nitrogens with zero attached hydrogens (tertiary/aromatic N) is 4. The third kappa shape index (κ3) is 10.6. The lowest BCUT2D eigenvalue weighted by molar-refractivity contribution is -0.145. The summed E-state index contributed by atoms with van der Waals surface area (Å²) in [5.41, 5.74) is 9.31. The molecule has 0 unspecified atom stereocenters. The van der Waals surface area contributed by atoms with Crippen molar-refractivity contribution >= 4 is 50.5 Å². The van der Waals surface area contributed by atoms with Crippen LogP contribution in [0, 0.1) is 0 Å². The minimum atomic E-state index is -4.01. The predicted molar refractivity (Wildman–Crippen MR) is 178 cm³/mol. The van der Waals surface area contributed by atoms with Crippen molar-refractivity contribution in [1.82, 2.24) is 4.73 Å². The molecule has 2 heterocycles. The summed E-state index contributed by atoms with van der Waals surface area (Å²) in [7, 11) is -1.88. The number of rotatable bonds is 17. The summed E-state index contributed by atoms with van der Waals surface area (Å²) >= 11 is 1.58. The summed E-state index contributed by atoms with van der Waals surface area (Å²) in [6.45, 7) is 2.32. The number of anilines is 3. The molecule has 1 aliphatic heterocycles.